The minimum absolute atomic E-state index is 0.00463. The minimum atomic E-state index is -2.91. The molecule has 14 N–H and O–H groups in total. The van der Waals surface area contributed by atoms with E-state index in [4.69, 9.17) is 0 Å². The van der Waals surface area contributed by atoms with Crippen molar-refractivity contribution in [2.75, 3.05) is 117 Å². The first kappa shape index (κ1) is 104. The van der Waals surface area contributed by atoms with Gasteiger partial charge in [-0.3, -0.25) is 52.7 Å². The summed E-state index contributed by atoms with van der Waals surface area (Å²) in [7, 11) is 13.0. The molecule has 0 aliphatic rings. The number of hydrogen-bond donors (Lipinski definition) is 14. The Hall–Kier alpha value is -6.10. The predicted octanol–water partition coefficient (Wildman–Crippen LogP) is -5.23. The van der Waals surface area contributed by atoms with Gasteiger partial charge >= 0.3 is 0 Å². The second-order valence-corrected chi connectivity index (χ2v) is 17.7. The van der Waals surface area contributed by atoms with E-state index in [-0.39, 0.29) is 65.0 Å². The third kappa shape index (κ3) is 434. The molecule has 0 atom stereocenters. The Kier molecular flexibility index (Phi) is 114. The number of hydrogen-bond acceptors (Lipinski definition) is 17. The van der Waals surface area contributed by atoms with Crippen molar-refractivity contribution in [1.29, 1.82) is 0 Å². The lowest BCUT2D eigenvalue weighted by atomic mass is 10.7. The van der Waals surface area contributed by atoms with Gasteiger partial charge in [0.2, 0.25) is 95.0 Å². The molecule has 0 heterocycles. The first-order valence-corrected chi connectivity index (χ1v) is 26.0. The fourth-order valence-electron chi connectivity index (χ4n) is 0. The Bertz CT molecular complexity index is 1400. The van der Waals surface area contributed by atoms with Gasteiger partial charge in [-0.05, 0) is 21.1 Å². The van der Waals surface area contributed by atoms with Crippen molar-refractivity contribution >= 4 is 95.0 Å². The zero-order chi connectivity index (χ0) is 62.8. The highest BCUT2D eigenvalue weighted by atomic mass is 32.2. The molecule has 0 unspecified atom stereocenters. The van der Waals surface area contributed by atoms with Gasteiger partial charge in [-0.25, -0.2) is 39.4 Å². The SMILES string of the molecule is CNC(C)=O.CNC(C)=O.CNC(C)=O.CNC(C)=O.CNC(C)=O.CNC(C)=O.CNC(C)=O.CNC(C)=O.CNC(C)=O.CNC(C)=O.CNC(C)=O.CNS(C)(=O)=O.CNS(C)(=O)=O.CNS(C)(=O)=O. The maximum Gasteiger partial charge on any atom is 0.216 e. The summed E-state index contributed by atoms with van der Waals surface area (Å²) >= 11 is 0. The van der Waals surface area contributed by atoms with Crippen LogP contribution in [0.4, 0.5) is 0 Å². The van der Waals surface area contributed by atoms with Crippen LogP contribution in [0.3, 0.4) is 0 Å². The van der Waals surface area contributed by atoms with Crippen molar-refractivity contribution in [2.24, 2.45) is 0 Å². The fraction of sp³-hybridized carbons (Fsp3) is 0.718. The van der Waals surface area contributed by atoms with Gasteiger partial charge in [0, 0.05) is 154 Å². The van der Waals surface area contributed by atoms with E-state index in [1.165, 1.54) is 97.3 Å². The molecular formula is C39H98N14O17S3. The molecule has 0 bridgehead atoms. The van der Waals surface area contributed by atoms with Crippen molar-refractivity contribution in [3.8, 4) is 0 Å². The molecule has 0 aromatic carbocycles. The van der Waals surface area contributed by atoms with Crippen LogP contribution in [0.15, 0.2) is 0 Å². The third-order valence-corrected chi connectivity index (χ3v) is 7.21. The lowest BCUT2D eigenvalue weighted by Gasteiger charge is -1.85. The Labute approximate surface area is 437 Å². The molecular weight excluding hydrogens is 1030 g/mol. The summed E-state index contributed by atoms with van der Waals surface area (Å²) < 4.78 is 65.6. The highest BCUT2D eigenvalue weighted by Crippen LogP contribution is 1.64. The van der Waals surface area contributed by atoms with Crippen LogP contribution in [0.1, 0.15) is 76.2 Å². The van der Waals surface area contributed by atoms with Gasteiger partial charge in [0.05, 0.1) is 18.8 Å². The summed E-state index contributed by atoms with van der Waals surface area (Å²) in [4.78, 5) is 107. The highest BCUT2D eigenvalue weighted by Gasteiger charge is 1.89. The lowest BCUT2D eigenvalue weighted by Crippen LogP contribution is -2.15. The first-order chi connectivity index (χ1) is 32.7. The average molecular weight is 1130 g/mol. The number of carbonyl (C=O) groups excluding carboxylic acids is 11. The van der Waals surface area contributed by atoms with E-state index in [9.17, 15) is 78.0 Å². The van der Waals surface area contributed by atoms with Crippen molar-refractivity contribution in [1.82, 2.24) is 72.7 Å². The second-order valence-electron chi connectivity index (χ2n) is 11.8. The Morgan fingerprint density at radius 2 is 0.219 bits per heavy atom. The van der Waals surface area contributed by atoms with E-state index >= 15 is 0 Å². The lowest BCUT2D eigenvalue weighted by molar-refractivity contribution is -0.119. The molecule has 0 spiro atoms. The summed E-state index contributed by atoms with van der Waals surface area (Å²) in [6, 6.07) is 0. The molecule has 0 aliphatic carbocycles. The summed E-state index contributed by atoms with van der Waals surface area (Å²) in [5.74, 6) is 0.0509. The van der Waals surface area contributed by atoms with Crippen LogP contribution in [0.25, 0.3) is 0 Å². The molecule has 444 valence electrons. The molecule has 0 fully saturated rings. The van der Waals surface area contributed by atoms with Crippen molar-refractivity contribution in [3.05, 3.63) is 0 Å². The van der Waals surface area contributed by atoms with E-state index in [0.717, 1.165) is 18.8 Å². The van der Waals surface area contributed by atoms with E-state index in [2.05, 4.69) is 72.7 Å². The summed E-state index contributed by atoms with van der Waals surface area (Å²) in [6.07, 6.45) is 3.31. The zero-order valence-corrected chi connectivity index (χ0v) is 51.1. The predicted molar refractivity (Wildman–Crippen MR) is 289 cm³/mol. The summed E-state index contributed by atoms with van der Waals surface area (Å²) in [5, 5.41) is 26.3. The fourth-order valence-corrected chi connectivity index (χ4v) is 0. The van der Waals surface area contributed by atoms with Crippen LogP contribution in [-0.2, 0) is 82.8 Å². The molecule has 0 saturated heterocycles. The molecule has 0 saturated carbocycles. The molecule has 34 heteroatoms. The van der Waals surface area contributed by atoms with Gasteiger partial charge in [-0.2, -0.15) is 0 Å². The van der Waals surface area contributed by atoms with E-state index in [1.54, 1.807) is 77.5 Å². The smallest absolute Gasteiger partial charge is 0.216 e. The topological polar surface area (TPSA) is 459 Å². The Morgan fingerprint density at radius 1 is 0.192 bits per heavy atom. The van der Waals surface area contributed by atoms with E-state index in [1.807, 2.05) is 0 Å². The standard InChI is InChI=1S/11C3H7NO.3C2H7NO2S/c11*1-3(5)4-2;3*1-3-6(2,4)5/h11*1-2H3,(H,4,5);3*3H,1-2H3. The molecule has 11 amide bonds. The molecule has 0 aliphatic heterocycles. The number of nitrogens with one attached hydrogen (secondary N) is 14. The average Bonchev–Trinajstić information content (AvgIpc) is 3.30. The van der Waals surface area contributed by atoms with Crippen LogP contribution in [0, 0.1) is 0 Å². The number of amides is 11. The summed E-state index contributed by atoms with van der Waals surface area (Å²) in [6.45, 7) is 16.2. The first-order valence-electron chi connectivity index (χ1n) is 20.3. The normalized spacial score (nSPS) is 8.00. The quantitative estimate of drug-likeness (QED) is 0.126. The van der Waals surface area contributed by atoms with Gasteiger partial charge < -0.3 is 58.5 Å². The van der Waals surface area contributed by atoms with Crippen LogP contribution in [-0.4, -0.2) is 208 Å². The largest absolute Gasteiger partial charge is 0.359 e. The molecule has 0 rings (SSSR count). The molecule has 73 heavy (non-hydrogen) atoms. The highest BCUT2D eigenvalue weighted by molar-refractivity contribution is 7.89. The molecule has 31 nitrogen and oxygen atoms in total. The Balaban J connectivity index is -0.0000000428. The Morgan fingerprint density at radius 3 is 0.219 bits per heavy atom. The van der Waals surface area contributed by atoms with E-state index in [0.29, 0.717) is 0 Å². The van der Waals surface area contributed by atoms with Gasteiger partial charge in [-0.1, -0.05) is 0 Å². The maximum absolute atomic E-state index is 9.89. The van der Waals surface area contributed by atoms with Gasteiger partial charge in [0.1, 0.15) is 0 Å². The van der Waals surface area contributed by atoms with Crippen molar-refractivity contribution in [3.63, 3.8) is 0 Å². The van der Waals surface area contributed by atoms with Crippen LogP contribution in [0.5, 0.6) is 0 Å². The second kappa shape index (κ2) is 80.0. The maximum atomic E-state index is 9.89. The number of carbonyl (C=O) groups is 11. The van der Waals surface area contributed by atoms with Crippen LogP contribution in [0.2, 0.25) is 0 Å². The molecule has 0 radical (unpaired) electrons. The number of sulfonamides is 3. The molecule has 0 aromatic heterocycles. The zero-order valence-electron chi connectivity index (χ0n) is 48.7. The third-order valence-electron chi connectivity index (χ3n) is 4.99. The van der Waals surface area contributed by atoms with Crippen LogP contribution < -0.4 is 72.7 Å². The van der Waals surface area contributed by atoms with Crippen molar-refractivity contribution in [2.45, 2.75) is 76.2 Å². The van der Waals surface area contributed by atoms with Crippen LogP contribution >= 0.6 is 0 Å². The van der Waals surface area contributed by atoms with Gasteiger partial charge in [0.25, 0.3) is 0 Å². The monoisotopic (exact) mass is 1130 g/mol. The van der Waals surface area contributed by atoms with E-state index < -0.39 is 30.1 Å². The summed E-state index contributed by atoms with van der Waals surface area (Å²) in [5.41, 5.74) is 0. The minimum Gasteiger partial charge on any atom is -0.359 e. The molecule has 0 aromatic rings. The number of rotatable bonds is 3. The van der Waals surface area contributed by atoms with Crippen molar-refractivity contribution < 1.29 is 78.0 Å². The van der Waals surface area contributed by atoms with Gasteiger partial charge in [0.15, 0.2) is 0 Å². The van der Waals surface area contributed by atoms with Gasteiger partial charge in [-0.15, -0.1) is 0 Å².